The molecule has 0 radical (unpaired) electrons. The molecule has 0 aliphatic heterocycles. The summed E-state index contributed by atoms with van der Waals surface area (Å²) >= 11 is 0. The summed E-state index contributed by atoms with van der Waals surface area (Å²) in [5.41, 5.74) is 2.79. The van der Waals surface area contributed by atoms with Gasteiger partial charge in [0.05, 0.1) is 0 Å². The van der Waals surface area contributed by atoms with Crippen molar-refractivity contribution in [1.82, 2.24) is 0 Å². The number of carboxylic acids is 1. The molecule has 3 nitrogen and oxygen atoms in total. The molecule has 0 saturated heterocycles. The van der Waals surface area contributed by atoms with Crippen molar-refractivity contribution in [3.8, 4) is 11.3 Å². The first-order valence-electron chi connectivity index (χ1n) is 7.94. The highest BCUT2D eigenvalue weighted by molar-refractivity contribution is 6.07. The van der Waals surface area contributed by atoms with Crippen molar-refractivity contribution >= 4 is 27.7 Å². The van der Waals surface area contributed by atoms with E-state index in [4.69, 9.17) is 9.52 Å². The van der Waals surface area contributed by atoms with Crippen molar-refractivity contribution in [3.05, 3.63) is 72.3 Å². The van der Waals surface area contributed by atoms with Crippen LogP contribution in [0.3, 0.4) is 0 Å². The van der Waals surface area contributed by atoms with Gasteiger partial charge in [0, 0.05) is 17.4 Å². The summed E-state index contributed by atoms with van der Waals surface area (Å²) in [5, 5.41) is 12.4. The van der Waals surface area contributed by atoms with E-state index in [-0.39, 0.29) is 6.42 Å². The normalized spacial score (nSPS) is 11.2. The number of hydrogen-bond acceptors (Lipinski definition) is 2. The highest BCUT2D eigenvalue weighted by Crippen LogP contribution is 2.34. The maximum absolute atomic E-state index is 10.9. The first-order chi connectivity index (χ1) is 11.7. The van der Waals surface area contributed by atoms with Gasteiger partial charge in [-0.25, -0.2) is 0 Å². The second-order valence-electron chi connectivity index (χ2n) is 5.86. The fourth-order valence-electron chi connectivity index (χ4n) is 3.15. The molecule has 0 amide bonds. The summed E-state index contributed by atoms with van der Waals surface area (Å²) in [6.07, 6.45) is 0.601. The number of fused-ring (bicyclic) bond motifs is 3. The molecule has 4 rings (SSSR count). The fraction of sp³-hybridized carbons (Fsp3) is 0.0952. The Kier molecular flexibility index (Phi) is 3.54. The number of benzene rings is 3. The van der Waals surface area contributed by atoms with E-state index in [2.05, 4.69) is 24.3 Å². The summed E-state index contributed by atoms with van der Waals surface area (Å²) in [5.74, 6) is -0.0113. The van der Waals surface area contributed by atoms with Crippen molar-refractivity contribution < 1.29 is 14.3 Å². The molecule has 24 heavy (non-hydrogen) atoms. The Balaban J connectivity index is 1.85. The van der Waals surface area contributed by atoms with Crippen molar-refractivity contribution in [2.75, 3.05) is 0 Å². The lowest BCUT2D eigenvalue weighted by Crippen LogP contribution is -1.98. The van der Waals surface area contributed by atoms with Crippen LogP contribution in [0, 0.1) is 0 Å². The van der Waals surface area contributed by atoms with Crippen LogP contribution in [-0.2, 0) is 11.2 Å². The third-order valence-electron chi connectivity index (χ3n) is 4.32. The van der Waals surface area contributed by atoms with Crippen LogP contribution in [0.5, 0.6) is 0 Å². The van der Waals surface area contributed by atoms with E-state index in [0.717, 1.165) is 33.2 Å². The Morgan fingerprint density at radius 1 is 0.917 bits per heavy atom. The van der Waals surface area contributed by atoms with Crippen LogP contribution in [0.2, 0.25) is 0 Å². The highest BCUT2D eigenvalue weighted by atomic mass is 16.4. The SMILES string of the molecule is O=C(O)CCc1ccccc1-c1cc2c(ccc3ccccc32)o1. The predicted octanol–water partition coefficient (Wildman–Crippen LogP) is 5.27. The van der Waals surface area contributed by atoms with E-state index in [1.165, 1.54) is 5.39 Å². The molecule has 0 saturated carbocycles. The smallest absolute Gasteiger partial charge is 0.303 e. The minimum atomic E-state index is -0.791. The zero-order valence-corrected chi connectivity index (χ0v) is 13.0. The average molecular weight is 316 g/mol. The van der Waals surface area contributed by atoms with Gasteiger partial charge in [-0.2, -0.15) is 0 Å². The summed E-state index contributed by atoms with van der Waals surface area (Å²) in [6.45, 7) is 0. The van der Waals surface area contributed by atoms with Gasteiger partial charge in [-0.1, -0.05) is 54.6 Å². The van der Waals surface area contributed by atoms with Gasteiger partial charge in [0.1, 0.15) is 11.3 Å². The second kappa shape index (κ2) is 5.85. The summed E-state index contributed by atoms with van der Waals surface area (Å²) in [6, 6.07) is 22.1. The van der Waals surface area contributed by atoms with E-state index >= 15 is 0 Å². The molecule has 0 bridgehead atoms. The fourth-order valence-corrected chi connectivity index (χ4v) is 3.15. The van der Waals surface area contributed by atoms with E-state index in [1.54, 1.807) is 0 Å². The lowest BCUT2D eigenvalue weighted by atomic mass is 10.0. The van der Waals surface area contributed by atoms with Crippen LogP contribution < -0.4 is 0 Å². The highest BCUT2D eigenvalue weighted by Gasteiger charge is 2.12. The molecule has 4 aromatic rings. The number of carbonyl (C=O) groups is 1. The van der Waals surface area contributed by atoms with E-state index in [0.29, 0.717) is 6.42 Å². The van der Waals surface area contributed by atoms with Crippen LogP contribution in [0.1, 0.15) is 12.0 Å². The molecule has 1 heterocycles. The lowest BCUT2D eigenvalue weighted by molar-refractivity contribution is -0.136. The second-order valence-corrected chi connectivity index (χ2v) is 5.86. The Morgan fingerprint density at radius 2 is 1.71 bits per heavy atom. The maximum Gasteiger partial charge on any atom is 0.303 e. The molecule has 1 N–H and O–H groups in total. The van der Waals surface area contributed by atoms with E-state index in [1.807, 2.05) is 42.5 Å². The lowest BCUT2D eigenvalue weighted by Gasteiger charge is -2.05. The number of hydrogen-bond donors (Lipinski definition) is 1. The number of furan rings is 1. The molecule has 3 aromatic carbocycles. The molecule has 0 fully saturated rings. The van der Waals surface area contributed by atoms with Crippen LogP contribution >= 0.6 is 0 Å². The zero-order chi connectivity index (χ0) is 16.5. The Morgan fingerprint density at radius 3 is 2.58 bits per heavy atom. The summed E-state index contributed by atoms with van der Waals surface area (Å²) in [7, 11) is 0. The van der Waals surface area contributed by atoms with Crippen molar-refractivity contribution in [2.45, 2.75) is 12.8 Å². The van der Waals surface area contributed by atoms with Crippen molar-refractivity contribution in [1.29, 1.82) is 0 Å². The monoisotopic (exact) mass is 316 g/mol. The van der Waals surface area contributed by atoms with Crippen LogP contribution in [-0.4, -0.2) is 11.1 Å². The molecule has 0 unspecified atom stereocenters. The minimum Gasteiger partial charge on any atom is -0.481 e. The van der Waals surface area contributed by atoms with Crippen molar-refractivity contribution in [2.24, 2.45) is 0 Å². The quantitative estimate of drug-likeness (QED) is 0.558. The molecular weight excluding hydrogens is 300 g/mol. The molecular formula is C21H16O3. The molecule has 0 spiro atoms. The number of rotatable bonds is 4. The molecule has 118 valence electrons. The van der Waals surface area contributed by atoms with Crippen molar-refractivity contribution in [3.63, 3.8) is 0 Å². The predicted molar refractivity (Wildman–Crippen MR) is 95.1 cm³/mol. The summed E-state index contributed by atoms with van der Waals surface area (Å²) < 4.78 is 6.06. The number of carboxylic acid groups (broad SMARTS) is 1. The maximum atomic E-state index is 10.9. The molecule has 0 aliphatic rings. The topological polar surface area (TPSA) is 50.4 Å². The van der Waals surface area contributed by atoms with Crippen LogP contribution in [0.15, 0.2) is 71.1 Å². The van der Waals surface area contributed by atoms with E-state index in [9.17, 15) is 4.79 Å². The standard InChI is InChI=1S/C21H16O3/c22-21(23)12-10-15-6-2-4-8-17(15)20-13-18-16-7-3-1-5-14(16)9-11-19(18)24-20/h1-9,11,13H,10,12H2,(H,22,23). The van der Waals surface area contributed by atoms with Gasteiger partial charge in [0.15, 0.2) is 0 Å². The minimum absolute atomic E-state index is 0.111. The van der Waals surface area contributed by atoms with Gasteiger partial charge in [-0.3, -0.25) is 4.79 Å². The first kappa shape index (κ1) is 14.5. The van der Waals surface area contributed by atoms with E-state index < -0.39 is 5.97 Å². The number of aliphatic carboxylic acids is 1. The third kappa shape index (κ3) is 2.54. The van der Waals surface area contributed by atoms with Gasteiger partial charge < -0.3 is 9.52 Å². The largest absolute Gasteiger partial charge is 0.481 e. The Hall–Kier alpha value is -3.07. The average Bonchev–Trinajstić information content (AvgIpc) is 3.04. The van der Waals surface area contributed by atoms with Gasteiger partial charge >= 0.3 is 5.97 Å². The molecule has 0 aliphatic carbocycles. The first-order valence-corrected chi connectivity index (χ1v) is 7.94. The van der Waals surface area contributed by atoms with Gasteiger partial charge in [-0.15, -0.1) is 0 Å². The summed E-state index contributed by atoms with van der Waals surface area (Å²) in [4.78, 5) is 10.9. The van der Waals surface area contributed by atoms with Gasteiger partial charge in [0.25, 0.3) is 0 Å². The molecule has 1 aromatic heterocycles. The van der Waals surface area contributed by atoms with Crippen LogP contribution in [0.4, 0.5) is 0 Å². The van der Waals surface area contributed by atoms with Gasteiger partial charge in [-0.05, 0) is 34.9 Å². The third-order valence-corrected chi connectivity index (χ3v) is 4.32. The number of aryl methyl sites for hydroxylation is 1. The Labute approximate surface area is 139 Å². The van der Waals surface area contributed by atoms with Gasteiger partial charge in [0.2, 0.25) is 0 Å². The molecule has 0 atom stereocenters. The van der Waals surface area contributed by atoms with Crippen LogP contribution in [0.25, 0.3) is 33.1 Å². The zero-order valence-electron chi connectivity index (χ0n) is 13.0. The molecule has 3 heteroatoms. The Bertz CT molecular complexity index is 1040.